The molecule has 0 saturated heterocycles. The van der Waals surface area contributed by atoms with E-state index < -0.39 is 9.84 Å². The van der Waals surface area contributed by atoms with E-state index >= 15 is 0 Å². The number of halogens is 1. The Bertz CT molecular complexity index is 216. The number of nitrogens with one attached hydrogen (secondary N) is 1. The van der Waals surface area contributed by atoms with E-state index in [0.717, 1.165) is 13.1 Å². The summed E-state index contributed by atoms with van der Waals surface area (Å²) in [6, 6.07) is 0. The Morgan fingerprint density at radius 2 is 2.08 bits per heavy atom. The van der Waals surface area contributed by atoms with Crippen LogP contribution in [0.3, 0.4) is 0 Å². The van der Waals surface area contributed by atoms with Crippen LogP contribution < -0.4 is 5.32 Å². The lowest BCUT2D eigenvalue weighted by molar-refractivity contribution is 0.551. The summed E-state index contributed by atoms with van der Waals surface area (Å²) in [5.74, 6) is 1.34. The third-order valence-corrected chi connectivity index (χ3v) is 3.18. The molecular weight excluding hydrogens is 210 g/mol. The molecule has 0 radical (unpaired) electrons. The van der Waals surface area contributed by atoms with Crippen molar-refractivity contribution in [1.82, 2.24) is 5.32 Å². The van der Waals surface area contributed by atoms with Crippen LogP contribution in [0.15, 0.2) is 0 Å². The fourth-order valence-corrected chi connectivity index (χ4v) is 1.64. The number of sulfone groups is 1. The van der Waals surface area contributed by atoms with E-state index in [4.69, 9.17) is 11.6 Å². The van der Waals surface area contributed by atoms with Crippen LogP contribution in [0.25, 0.3) is 0 Å². The van der Waals surface area contributed by atoms with E-state index in [0.29, 0.717) is 18.2 Å². The molecule has 0 aromatic carbocycles. The molecule has 0 saturated carbocycles. The molecular formula is C8H18ClNO2S. The molecule has 1 unspecified atom stereocenters. The van der Waals surface area contributed by atoms with E-state index in [1.165, 1.54) is 6.26 Å². The fourth-order valence-electron chi connectivity index (χ4n) is 0.862. The van der Waals surface area contributed by atoms with Gasteiger partial charge in [-0.2, -0.15) is 0 Å². The second kappa shape index (κ2) is 6.62. The van der Waals surface area contributed by atoms with Gasteiger partial charge in [-0.05, 0) is 25.4 Å². The van der Waals surface area contributed by atoms with Crippen molar-refractivity contribution in [3.63, 3.8) is 0 Å². The van der Waals surface area contributed by atoms with Crippen LogP contribution in [0.2, 0.25) is 0 Å². The lowest BCUT2D eigenvalue weighted by Gasteiger charge is -2.08. The van der Waals surface area contributed by atoms with Gasteiger partial charge in [0.1, 0.15) is 9.84 Å². The predicted molar refractivity (Wildman–Crippen MR) is 57.1 cm³/mol. The summed E-state index contributed by atoms with van der Waals surface area (Å²) in [4.78, 5) is 0. The maximum atomic E-state index is 10.7. The van der Waals surface area contributed by atoms with Gasteiger partial charge in [-0.3, -0.25) is 0 Å². The van der Waals surface area contributed by atoms with Gasteiger partial charge in [0.25, 0.3) is 0 Å². The van der Waals surface area contributed by atoms with Gasteiger partial charge in [0, 0.05) is 12.1 Å². The highest BCUT2D eigenvalue weighted by molar-refractivity contribution is 7.90. The number of alkyl halides is 1. The van der Waals surface area contributed by atoms with Crippen molar-refractivity contribution in [1.29, 1.82) is 0 Å². The van der Waals surface area contributed by atoms with Crippen molar-refractivity contribution in [3.05, 3.63) is 0 Å². The molecule has 13 heavy (non-hydrogen) atoms. The minimum Gasteiger partial charge on any atom is -0.316 e. The van der Waals surface area contributed by atoms with Crippen molar-refractivity contribution in [2.45, 2.75) is 13.3 Å². The highest BCUT2D eigenvalue weighted by Crippen LogP contribution is 1.95. The molecule has 0 aromatic heterocycles. The molecule has 1 atom stereocenters. The smallest absolute Gasteiger partial charge is 0.147 e. The number of hydrogen-bond acceptors (Lipinski definition) is 3. The zero-order valence-electron chi connectivity index (χ0n) is 8.22. The SMILES string of the molecule is CC(CCl)CNCCCS(C)(=O)=O. The van der Waals surface area contributed by atoms with Crippen molar-refractivity contribution < 1.29 is 8.42 Å². The van der Waals surface area contributed by atoms with Crippen LogP contribution in [-0.4, -0.2) is 39.4 Å². The van der Waals surface area contributed by atoms with E-state index in [1.807, 2.05) is 0 Å². The normalized spacial score (nSPS) is 14.4. The maximum absolute atomic E-state index is 10.7. The van der Waals surface area contributed by atoms with Crippen LogP contribution in [0.4, 0.5) is 0 Å². The molecule has 0 aromatic rings. The van der Waals surface area contributed by atoms with Gasteiger partial charge >= 0.3 is 0 Å². The Balaban J connectivity index is 3.27. The van der Waals surface area contributed by atoms with Gasteiger partial charge in [-0.1, -0.05) is 6.92 Å². The van der Waals surface area contributed by atoms with E-state index in [-0.39, 0.29) is 5.75 Å². The summed E-state index contributed by atoms with van der Waals surface area (Å²) < 4.78 is 21.5. The lowest BCUT2D eigenvalue weighted by Crippen LogP contribution is -2.24. The molecule has 0 fully saturated rings. The Morgan fingerprint density at radius 1 is 1.46 bits per heavy atom. The first-order valence-electron chi connectivity index (χ1n) is 4.40. The summed E-state index contributed by atoms with van der Waals surface area (Å²) in [6.45, 7) is 3.65. The zero-order chi connectivity index (χ0) is 10.3. The highest BCUT2D eigenvalue weighted by Gasteiger charge is 2.02. The molecule has 0 spiro atoms. The molecule has 5 heteroatoms. The predicted octanol–water partition coefficient (Wildman–Crippen LogP) is 0.886. The standard InChI is InChI=1S/C8H18ClNO2S/c1-8(6-9)7-10-4-3-5-13(2,11)12/h8,10H,3-7H2,1-2H3. The first kappa shape index (κ1) is 13.2. The molecule has 0 amide bonds. The fraction of sp³-hybridized carbons (Fsp3) is 1.00. The first-order valence-corrected chi connectivity index (χ1v) is 6.99. The van der Waals surface area contributed by atoms with E-state index in [9.17, 15) is 8.42 Å². The lowest BCUT2D eigenvalue weighted by atomic mass is 10.2. The minimum absolute atomic E-state index is 0.259. The second-order valence-electron chi connectivity index (χ2n) is 3.45. The number of rotatable bonds is 7. The van der Waals surface area contributed by atoms with Crippen molar-refractivity contribution in [2.75, 3.05) is 31.0 Å². The first-order chi connectivity index (χ1) is 5.95. The molecule has 0 bridgehead atoms. The summed E-state index contributed by atoms with van der Waals surface area (Å²) in [5, 5.41) is 3.16. The van der Waals surface area contributed by atoms with Crippen LogP contribution in [0.1, 0.15) is 13.3 Å². The average molecular weight is 228 g/mol. The summed E-state index contributed by atoms with van der Waals surface area (Å²) in [7, 11) is -2.80. The van der Waals surface area contributed by atoms with Crippen LogP contribution in [0, 0.1) is 5.92 Å². The molecule has 1 N–H and O–H groups in total. The number of hydrogen-bond donors (Lipinski definition) is 1. The topological polar surface area (TPSA) is 46.2 Å². The molecule has 80 valence electrons. The molecule has 0 aliphatic heterocycles. The van der Waals surface area contributed by atoms with Gasteiger partial charge in [0.2, 0.25) is 0 Å². The Kier molecular flexibility index (Phi) is 6.73. The molecule has 3 nitrogen and oxygen atoms in total. The third-order valence-electron chi connectivity index (χ3n) is 1.62. The minimum atomic E-state index is -2.80. The molecule has 0 aliphatic carbocycles. The second-order valence-corrected chi connectivity index (χ2v) is 6.02. The summed E-state index contributed by atoms with van der Waals surface area (Å²) in [5.41, 5.74) is 0. The summed E-state index contributed by atoms with van der Waals surface area (Å²) >= 11 is 5.60. The highest BCUT2D eigenvalue weighted by atomic mass is 35.5. The van der Waals surface area contributed by atoms with Gasteiger partial charge in [-0.25, -0.2) is 8.42 Å². The largest absolute Gasteiger partial charge is 0.316 e. The average Bonchev–Trinajstić information content (AvgIpc) is 2.01. The van der Waals surface area contributed by atoms with Crippen LogP contribution in [0.5, 0.6) is 0 Å². The monoisotopic (exact) mass is 227 g/mol. The van der Waals surface area contributed by atoms with Crippen molar-refractivity contribution in [3.8, 4) is 0 Å². The van der Waals surface area contributed by atoms with Crippen molar-refractivity contribution >= 4 is 21.4 Å². The van der Waals surface area contributed by atoms with Gasteiger partial charge < -0.3 is 5.32 Å². The van der Waals surface area contributed by atoms with Gasteiger partial charge in [0.05, 0.1) is 5.75 Å². The quantitative estimate of drug-likeness (QED) is 0.519. The zero-order valence-corrected chi connectivity index (χ0v) is 9.79. The van der Waals surface area contributed by atoms with Crippen LogP contribution >= 0.6 is 11.6 Å². The van der Waals surface area contributed by atoms with E-state index in [2.05, 4.69) is 12.2 Å². The van der Waals surface area contributed by atoms with Gasteiger partial charge in [0.15, 0.2) is 0 Å². The van der Waals surface area contributed by atoms with E-state index in [1.54, 1.807) is 0 Å². The Morgan fingerprint density at radius 3 is 2.54 bits per heavy atom. The molecule has 0 rings (SSSR count). The van der Waals surface area contributed by atoms with Crippen molar-refractivity contribution in [2.24, 2.45) is 5.92 Å². The van der Waals surface area contributed by atoms with Crippen LogP contribution in [-0.2, 0) is 9.84 Å². The third kappa shape index (κ3) is 10.1. The molecule has 0 heterocycles. The Hall–Kier alpha value is 0.200. The maximum Gasteiger partial charge on any atom is 0.147 e. The summed E-state index contributed by atoms with van der Waals surface area (Å²) in [6.07, 6.45) is 1.93. The van der Waals surface area contributed by atoms with Gasteiger partial charge in [-0.15, -0.1) is 11.6 Å². The Labute approximate surface area is 85.8 Å². The molecule has 0 aliphatic rings.